The molecule has 3 rings (SSSR count). The molecular formula is C14H12N2O. The van der Waals surface area contributed by atoms with Crippen LogP contribution in [0.1, 0.15) is 5.56 Å². The second kappa shape index (κ2) is 3.63. The van der Waals surface area contributed by atoms with Gasteiger partial charge >= 0.3 is 0 Å². The fourth-order valence-corrected chi connectivity index (χ4v) is 2.01. The lowest BCUT2D eigenvalue weighted by Gasteiger charge is -2.06. The van der Waals surface area contributed by atoms with E-state index in [9.17, 15) is 5.11 Å². The average molecular weight is 224 g/mol. The molecular weight excluding hydrogens is 212 g/mol. The molecule has 2 aromatic heterocycles. The van der Waals surface area contributed by atoms with Gasteiger partial charge in [-0.1, -0.05) is 18.2 Å². The largest absolute Gasteiger partial charge is 0.494 e. The van der Waals surface area contributed by atoms with Crippen LogP contribution in [0.4, 0.5) is 0 Å². The maximum atomic E-state index is 10.0. The van der Waals surface area contributed by atoms with E-state index in [-0.39, 0.29) is 5.88 Å². The van der Waals surface area contributed by atoms with E-state index in [1.807, 2.05) is 43.3 Å². The minimum absolute atomic E-state index is 0.212. The van der Waals surface area contributed by atoms with Crippen molar-refractivity contribution in [2.45, 2.75) is 6.92 Å². The number of nitrogens with zero attached hydrogens (tertiary/aromatic N) is 2. The minimum Gasteiger partial charge on any atom is -0.494 e. The molecule has 3 aromatic rings. The lowest BCUT2D eigenvalue weighted by Crippen LogP contribution is -1.93. The van der Waals surface area contributed by atoms with Crippen LogP contribution in [0.5, 0.6) is 5.88 Å². The number of fused-ring (bicyclic) bond motifs is 1. The summed E-state index contributed by atoms with van der Waals surface area (Å²) in [6, 6.07) is 13.5. The zero-order valence-electron chi connectivity index (χ0n) is 9.46. The van der Waals surface area contributed by atoms with E-state index in [2.05, 4.69) is 4.98 Å². The fourth-order valence-electron chi connectivity index (χ4n) is 2.01. The number of aromatic nitrogens is 2. The van der Waals surface area contributed by atoms with Crippen LogP contribution in [-0.2, 0) is 0 Å². The summed E-state index contributed by atoms with van der Waals surface area (Å²) >= 11 is 0. The predicted molar refractivity (Wildman–Crippen MR) is 67.5 cm³/mol. The van der Waals surface area contributed by atoms with Crippen LogP contribution in [0.15, 0.2) is 48.7 Å². The average Bonchev–Trinajstić information content (AvgIpc) is 2.65. The molecule has 0 aliphatic rings. The smallest absolute Gasteiger partial charge is 0.198 e. The van der Waals surface area contributed by atoms with Gasteiger partial charge in [0.25, 0.3) is 0 Å². The number of para-hydroxylation sites is 1. The van der Waals surface area contributed by atoms with Crippen LogP contribution in [0.3, 0.4) is 0 Å². The van der Waals surface area contributed by atoms with E-state index >= 15 is 0 Å². The normalized spacial score (nSPS) is 10.9. The summed E-state index contributed by atoms with van der Waals surface area (Å²) in [5, 5.41) is 10.0. The highest BCUT2D eigenvalue weighted by molar-refractivity contribution is 5.81. The van der Waals surface area contributed by atoms with Gasteiger partial charge in [-0.25, -0.2) is 0 Å². The van der Waals surface area contributed by atoms with E-state index in [0.29, 0.717) is 0 Å². The fraction of sp³-hybridized carbons (Fsp3) is 0.0714. The SMILES string of the molecule is Cc1cnc2cc(O)n(-c3ccccc3)c2c1. The first kappa shape index (κ1) is 9.90. The summed E-state index contributed by atoms with van der Waals surface area (Å²) in [6.07, 6.45) is 1.80. The van der Waals surface area contributed by atoms with Gasteiger partial charge in [0.1, 0.15) is 0 Å². The molecule has 1 aromatic carbocycles. The Labute approximate surface area is 99.0 Å². The van der Waals surface area contributed by atoms with Gasteiger partial charge < -0.3 is 5.11 Å². The first-order valence-corrected chi connectivity index (χ1v) is 5.48. The molecule has 84 valence electrons. The van der Waals surface area contributed by atoms with Crippen molar-refractivity contribution >= 4 is 11.0 Å². The first-order valence-electron chi connectivity index (χ1n) is 5.48. The molecule has 3 nitrogen and oxygen atoms in total. The van der Waals surface area contributed by atoms with Gasteiger partial charge in [-0.2, -0.15) is 0 Å². The molecule has 0 aliphatic carbocycles. The van der Waals surface area contributed by atoms with E-state index in [1.165, 1.54) is 0 Å². The van der Waals surface area contributed by atoms with Gasteiger partial charge in [-0.05, 0) is 30.7 Å². The Morgan fingerprint density at radius 3 is 2.65 bits per heavy atom. The molecule has 0 bridgehead atoms. The summed E-state index contributed by atoms with van der Waals surface area (Å²) in [6.45, 7) is 1.99. The minimum atomic E-state index is 0.212. The molecule has 0 saturated heterocycles. The van der Waals surface area contributed by atoms with Crippen molar-refractivity contribution in [1.29, 1.82) is 0 Å². The van der Waals surface area contributed by atoms with Crippen molar-refractivity contribution in [1.82, 2.24) is 9.55 Å². The summed E-state index contributed by atoms with van der Waals surface area (Å²) in [5.41, 5.74) is 3.74. The molecule has 0 saturated carbocycles. The van der Waals surface area contributed by atoms with Gasteiger partial charge in [0.05, 0.1) is 11.0 Å². The van der Waals surface area contributed by atoms with Crippen molar-refractivity contribution in [3.05, 3.63) is 54.2 Å². The van der Waals surface area contributed by atoms with Crippen molar-refractivity contribution < 1.29 is 5.11 Å². The monoisotopic (exact) mass is 224 g/mol. The van der Waals surface area contributed by atoms with Gasteiger partial charge in [0.2, 0.25) is 0 Å². The third-order valence-electron chi connectivity index (χ3n) is 2.78. The maximum absolute atomic E-state index is 10.0. The van der Waals surface area contributed by atoms with Gasteiger partial charge in [-0.3, -0.25) is 9.55 Å². The van der Waals surface area contributed by atoms with Crippen molar-refractivity contribution in [2.24, 2.45) is 0 Å². The Bertz CT molecular complexity index is 671. The molecule has 0 aliphatic heterocycles. The lowest BCUT2D eigenvalue weighted by molar-refractivity contribution is 0.445. The predicted octanol–water partition coefficient (Wildman–Crippen LogP) is 3.04. The topological polar surface area (TPSA) is 38.1 Å². The van der Waals surface area contributed by atoms with E-state index in [4.69, 9.17) is 0 Å². The number of pyridine rings is 1. The molecule has 0 atom stereocenters. The van der Waals surface area contributed by atoms with Crippen LogP contribution in [0.2, 0.25) is 0 Å². The highest BCUT2D eigenvalue weighted by Crippen LogP contribution is 2.27. The molecule has 0 amide bonds. The molecule has 0 radical (unpaired) electrons. The maximum Gasteiger partial charge on any atom is 0.198 e. The third kappa shape index (κ3) is 1.56. The van der Waals surface area contributed by atoms with Gasteiger partial charge in [-0.15, -0.1) is 0 Å². The summed E-state index contributed by atoms with van der Waals surface area (Å²) in [4.78, 5) is 4.31. The van der Waals surface area contributed by atoms with Gasteiger partial charge in [0, 0.05) is 18.0 Å². The van der Waals surface area contributed by atoms with E-state index < -0.39 is 0 Å². The summed E-state index contributed by atoms with van der Waals surface area (Å²) in [5.74, 6) is 0.212. The van der Waals surface area contributed by atoms with Crippen LogP contribution in [0, 0.1) is 6.92 Å². The number of hydrogen-bond acceptors (Lipinski definition) is 2. The highest BCUT2D eigenvalue weighted by atomic mass is 16.3. The Kier molecular flexibility index (Phi) is 2.11. The summed E-state index contributed by atoms with van der Waals surface area (Å²) in [7, 11) is 0. The van der Waals surface area contributed by atoms with Crippen molar-refractivity contribution in [2.75, 3.05) is 0 Å². The highest BCUT2D eigenvalue weighted by Gasteiger charge is 2.10. The van der Waals surface area contributed by atoms with Crippen LogP contribution >= 0.6 is 0 Å². The molecule has 0 fully saturated rings. The molecule has 3 heteroatoms. The van der Waals surface area contributed by atoms with Crippen molar-refractivity contribution in [3.63, 3.8) is 0 Å². The van der Waals surface area contributed by atoms with Crippen LogP contribution in [-0.4, -0.2) is 14.7 Å². The zero-order valence-corrected chi connectivity index (χ0v) is 9.46. The van der Waals surface area contributed by atoms with Crippen molar-refractivity contribution in [3.8, 4) is 11.6 Å². The Morgan fingerprint density at radius 1 is 1.12 bits per heavy atom. The number of aromatic hydroxyl groups is 1. The zero-order chi connectivity index (χ0) is 11.8. The third-order valence-corrected chi connectivity index (χ3v) is 2.78. The Hall–Kier alpha value is -2.29. The molecule has 17 heavy (non-hydrogen) atoms. The van der Waals surface area contributed by atoms with E-state index in [0.717, 1.165) is 22.3 Å². The Balaban J connectivity index is 2.35. The van der Waals surface area contributed by atoms with E-state index in [1.54, 1.807) is 16.8 Å². The number of hydrogen-bond donors (Lipinski definition) is 1. The summed E-state index contributed by atoms with van der Waals surface area (Å²) < 4.78 is 1.80. The molecule has 2 heterocycles. The van der Waals surface area contributed by atoms with Gasteiger partial charge in [0.15, 0.2) is 5.88 Å². The second-order valence-electron chi connectivity index (χ2n) is 4.09. The van der Waals surface area contributed by atoms with Crippen LogP contribution in [0.25, 0.3) is 16.7 Å². The molecule has 0 spiro atoms. The number of benzene rings is 1. The number of rotatable bonds is 1. The molecule has 0 unspecified atom stereocenters. The first-order chi connectivity index (χ1) is 8.25. The standard InChI is InChI=1S/C14H12N2O/c1-10-7-13-12(15-9-10)8-14(17)16(13)11-5-3-2-4-6-11/h2-9,17H,1H3. The lowest BCUT2D eigenvalue weighted by atomic mass is 10.2. The molecule has 1 N–H and O–H groups in total. The van der Waals surface area contributed by atoms with Crippen LogP contribution < -0.4 is 0 Å². The second-order valence-corrected chi connectivity index (χ2v) is 4.09. The number of aryl methyl sites for hydroxylation is 1. The quantitative estimate of drug-likeness (QED) is 0.690. The Morgan fingerprint density at radius 2 is 1.88 bits per heavy atom.